The number of nitrogens with two attached hydrogens (primary N) is 1. The fourth-order valence-electron chi connectivity index (χ4n) is 3.02. The van der Waals surface area contributed by atoms with Crippen LogP contribution in [0.4, 0.5) is 0 Å². The van der Waals surface area contributed by atoms with Gasteiger partial charge in [-0.2, -0.15) is 0 Å². The highest BCUT2D eigenvalue weighted by Crippen LogP contribution is 2.39. The number of benzene rings is 1. The van der Waals surface area contributed by atoms with Crippen molar-refractivity contribution in [3.8, 4) is 0 Å². The van der Waals surface area contributed by atoms with E-state index in [1.807, 2.05) is 44.2 Å². The second-order valence-corrected chi connectivity index (χ2v) is 5.82. The fraction of sp³-hybridized carbons (Fsp3) is 0.529. The first-order chi connectivity index (χ1) is 10.0. The molecule has 1 aromatic rings. The van der Waals surface area contributed by atoms with Gasteiger partial charge in [0.15, 0.2) is 0 Å². The Hall–Kier alpha value is -1.68. The summed E-state index contributed by atoms with van der Waals surface area (Å²) in [7, 11) is 0. The minimum atomic E-state index is -0.478. The molecule has 1 unspecified atom stereocenters. The molecule has 2 N–H and O–H groups in total. The Morgan fingerprint density at radius 2 is 1.81 bits per heavy atom. The van der Waals surface area contributed by atoms with E-state index in [0.29, 0.717) is 19.4 Å². The minimum Gasteiger partial charge on any atom is -0.324 e. The molecule has 2 rings (SSSR count). The first-order valence-electron chi connectivity index (χ1n) is 7.69. The summed E-state index contributed by atoms with van der Waals surface area (Å²) in [5.74, 6) is -0.0678. The van der Waals surface area contributed by atoms with Crippen LogP contribution in [0.25, 0.3) is 0 Å². The lowest BCUT2D eigenvalue weighted by molar-refractivity contribution is -0.141. The van der Waals surface area contributed by atoms with Crippen molar-refractivity contribution in [1.29, 1.82) is 0 Å². The van der Waals surface area contributed by atoms with E-state index >= 15 is 0 Å². The van der Waals surface area contributed by atoms with Crippen molar-refractivity contribution in [3.63, 3.8) is 0 Å². The number of imide groups is 1. The highest BCUT2D eigenvalue weighted by molar-refractivity contribution is 6.05. The third-order valence-corrected chi connectivity index (χ3v) is 4.73. The molecule has 4 heteroatoms. The second kappa shape index (κ2) is 6.39. The van der Waals surface area contributed by atoms with Crippen molar-refractivity contribution in [1.82, 2.24) is 4.90 Å². The molecule has 0 spiro atoms. The van der Waals surface area contributed by atoms with Crippen molar-refractivity contribution < 1.29 is 9.59 Å². The van der Waals surface area contributed by atoms with E-state index in [0.717, 1.165) is 18.4 Å². The predicted molar refractivity (Wildman–Crippen MR) is 82.3 cm³/mol. The van der Waals surface area contributed by atoms with E-state index in [-0.39, 0.29) is 17.9 Å². The molecule has 0 aromatic heterocycles. The normalized spacial score (nSPS) is 19.1. The summed E-state index contributed by atoms with van der Waals surface area (Å²) in [6, 6.07) is 9.63. The zero-order valence-corrected chi connectivity index (χ0v) is 12.8. The van der Waals surface area contributed by atoms with Crippen LogP contribution in [0.2, 0.25) is 0 Å². The third-order valence-electron chi connectivity index (χ3n) is 4.73. The number of carbonyl (C=O) groups is 2. The van der Waals surface area contributed by atoms with Crippen LogP contribution in [0.5, 0.6) is 0 Å². The Bertz CT molecular complexity index is 509. The molecule has 0 aliphatic carbocycles. The number of nitrogens with zero attached hydrogens (tertiary/aromatic N) is 1. The molecule has 2 amide bonds. The van der Waals surface area contributed by atoms with Crippen LogP contribution in [0.15, 0.2) is 30.3 Å². The number of hydrogen-bond acceptors (Lipinski definition) is 3. The number of amides is 2. The fourth-order valence-corrected chi connectivity index (χ4v) is 3.02. The topological polar surface area (TPSA) is 63.4 Å². The lowest BCUT2D eigenvalue weighted by Gasteiger charge is -2.24. The molecule has 0 saturated carbocycles. The maximum Gasteiger partial charge on any atom is 0.235 e. The van der Waals surface area contributed by atoms with Gasteiger partial charge in [0.05, 0.1) is 5.41 Å². The summed E-state index contributed by atoms with van der Waals surface area (Å²) in [5, 5.41) is 0. The van der Waals surface area contributed by atoms with E-state index in [1.54, 1.807) is 0 Å². The monoisotopic (exact) mass is 288 g/mol. The van der Waals surface area contributed by atoms with Crippen molar-refractivity contribution in [2.75, 3.05) is 6.54 Å². The van der Waals surface area contributed by atoms with Gasteiger partial charge in [-0.25, -0.2) is 0 Å². The average Bonchev–Trinajstić information content (AvgIpc) is 2.77. The highest BCUT2D eigenvalue weighted by Gasteiger charge is 2.48. The molecule has 1 aromatic carbocycles. The van der Waals surface area contributed by atoms with E-state index in [1.165, 1.54) is 4.90 Å². The molecule has 0 bridgehead atoms. The molecule has 1 saturated heterocycles. The van der Waals surface area contributed by atoms with Gasteiger partial charge >= 0.3 is 0 Å². The molecular formula is C17H24N2O2. The minimum absolute atomic E-state index is 0.0160. The van der Waals surface area contributed by atoms with Crippen LogP contribution in [0, 0.1) is 5.41 Å². The molecule has 114 valence electrons. The van der Waals surface area contributed by atoms with E-state index in [4.69, 9.17) is 5.73 Å². The van der Waals surface area contributed by atoms with Gasteiger partial charge in [-0.05, 0) is 24.8 Å². The molecule has 4 nitrogen and oxygen atoms in total. The molecule has 21 heavy (non-hydrogen) atoms. The van der Waals surface area contributed by atoms with Crippen LogP contribution in [0.1, 0.15) is 51.1 Å². The van der Waals surface area contributed by atoms with Gasteiger partial charge < -0.3 is 5.73 Å². The Kier molecular flexibility index (Phi) is 4.78. The van der Waals surface area contributed by atoms with Crippen LogP contribution in [0.3, 0.4) is 0 Å². The Balaban J connectivity index is 2.00. The van der Waals surface area contributed by atoms with Crippen LogP contribution in [-0.4, -0.2) is 23.3 Å². The number of rotatable bonds is 6. The maximum absolute atomic E-state index is 12.5. The molecule has 1 fully saturated rings. The second-order valence-electron chi connectivity index (χ2n) is 5.82. The largest absolute Gasteiger partial charge is 0.324 e. The summed E-state index contributed by atoms with van der Waals surface area (Å²) in [6.07, 6.45) is 2.38. The predicted octanol–water partition coefficient (Wildman–Crippen LogP) is 2.64. The average molecular weight is 288 g/mol. The van der Waals surface area contributed by atoms with Crippen molar-refractivity contribution in [2.24, 2.45) is 11.1 Å². The number of hydrogen-bond donors (Lipinski definition) is 1. The molecule has 0 radical (unpaired) electrons. The maximum atomic E-state index is 12.5. The summed E-state index contributed by atoms with van der Waals surface area (Å²) in [4.78, 5) is 26.1. The molecule has 1 heterocycles. The van der Waals surface area contributed by atoms with E-state index in [2.05, 4.69) is 0 Å². The Morgan fingerprint density at radius 1 is 1.19 bits per heavy atom. The third kappa shape index (κ3) is 3.00. The van der Waals surface area contributed by atoms with Gasteiger partial charge in [0.25, 0.3) is 0 Å². The zero-order valence-electron chi connectivity index (χ0n) is 12.8. The summed E-state index contributed by atoms with van der Waals surface area (Å²) in [5.41, 5.74) is 6.71. The standard InChI is InChI=1S/C17H24N2O2/c1-3-17(4-2)12-15(20)19(16(17)21)11-10-14(18)13-8-6-5-7-9-13/h5-9,14H,3-4,10-12,18H2,1-2H3. The van der Waals surface area contributed by atoms with Crippen molar-refractivity contribution in [3.05, 3.63) is 35.9 Å². The molecule has 1 atom stereocenters. The van der Waals surface area contributed by atoms with E-state index < -0.39 is 5.41 Å². The SMILES string of the molecule is CCC1(CC)CC(=O)N(CCC(N)c2ccccc2)C1=O. The smallest absolute Gasteiger partial charge is 0.235 e. The Labute approximate surface area is 126 Å². The van der Waals surface area contributed by atoms with Crippen LogP contribution >= 0.6 is 0 Å². The molecule has 1 aliphatic heterocycles. The molecule has 1 aliphatic rings. The Morgan fingerprint density at radius 3 is 2.33 bits per heavy atom. The van der Waals surface area contributed by atoms with Gasteiger partial charge in [0.1, 0.15) is 0 Å². The van der Waals surface area contributed by atoms with E-state index in [9.17, 15) is 9.59 Å². The lowest BCUT2D eigenvalue weighted by Crippen LogP contribution is -2.36. The van der Waals surface area contributed by atoms with Crippen molar-refractivity contribution in [2.45, 2.75) is 45.6 Å². The first kappa shape index (κ1) is 15.7. The first-order valence-corrected chi connectivity index (χ1v) is 7.69. The van der Waals surface area contributed by atoms with Crippen LogP contribution in [-0.2, 0) is 9.59 Å². The van der Waals surface area contributed by atoms with Gasteiger partial charge in [-0.3, -0.25) is 14.5 Å². The highest BCUT2D eigenvalue weighted by atomic mass is 16.2. The summed E-state index contributed by atoms with van der Waals surface area (Å²) >= 11 is 0. The number of likely N-dealkylation sites (tertiary alicyclic amines) is 1. The zero-order chi connectivity index (χ0) is 15.5. The van der Waals surface area contributed by atoms with Crippen molar-refractivity contribution >= 4 is 11.8 Å². The summed E-state index contributed by atoms with van der Waals surface area (Å²) < 4.78 is 0. The molecular weight excluding hydrogens is 264 g/mol. The lowest BCUT2D eigenvalue weighted by atomic mass is 9.81. The quantitative estimate of drug-likeness (QED) is 0.818. The van der Waals surface area contributed by atoms with Crippen LogP contribution < -0.4 is 5.73 Å². The van der Waals surface area contributed by atoms with Gasteiger partial charge in [-0.1, -0.05) is 44.2 Å². The number of carbonyl (C=O) groups excluding carboxylic acids is 2. The van der Waals surface area contributed by atoms with Gasteiger partial charge in [0, 0.05) is 19.0 Å². The van der Waals surface area contributed by atoms with Gasteiger partial charge in [-0.15, -0.1) is 0 Å². The van der Waals surface area contributed by atoms with Gasteiger partial charge in [0.2, 0.25) is 11.8 Å². The summed E-state index contributed by atoms with van der Waals surface area (Å²) in [6.45, 7) is 4.37.